The van der Waals surface area contributed by atoms with Crippen LogP contribution >= 0.6 is 0 Å². The van der Waals surface area contributed by atoms with Crippen LogP contribution in [0.25, 0.3) is 44.6 Å². The molecule has 10 rings (SSSR count). The summed E-state index contributed by atoms with van der Waals surface area (Å²) in [5.41, 5.74) is 5.24. The number of ether oxygens (including phenoxy) is 8. The molecule has 0 aliphatic rings. The normalized spacial score (nSPS) is 11.5. The van der Waals surface area contributed by atoms with Crippen molar-refractivity contribution < 1.29 is 46.7 Å². The molecule has 0 N–H and O–H groups in total. The van der Waals surface area contributed by atoms with Crippen molar-refractivity contribution in [2.45, 2.75) is 39.4 Å². The van der Waals surface area contributed by atoms with Crippen molar-refractivity contribution in [3.05, 3.63) is 201 Å². The summed E-state index contributed by atoms with van der Waals surface area (Å²) in [5.74, 6) is 3.64. The van der Waals surface area contributed by atoms with Crippen molar-refractivity contribution in [3.63, 3.8) is 0 Å². The summed E-state index contributed by atoms with van der Waals surface area (Å²) in [6.45, 7) is 6.69. The van der Waals surface area contributed by atoms with E-state index in [0.717, 1.165) is 35.6 Å². The Labute approximate surface area is 485 Å². The molecule has 0 saturated carbocycles. The second-order valence-electron chi connectivity index (χ2n) is 19.8. The summed E-state index contributed by atoms with van der Waals surface area (Å²) >= 11 is 0. The van der Waals surface area contributed by atoms with Crippen LogP contribution in [0.2, 0.25) is 0 Å². The molecular weight excluding hydrogens is 1070 g/mol. The second-order valence-corrected chi connectivity index (χ2v) is 19.8. The van der Waals surface area contributed by atoms with E-state index >= 15 is 0 Å². The van der Waals surface area contributed by atoms with Gasteiger partial charge in [0.25, 0.3) is 0 Å². The predicted octanol–water partition coefficient (Wildman–Crippen LogP) is 9.35. The molecule has 0 fully saturated rings. The zero-order valence-corrected chi connectivity index (χ0v) is 47.4. The SMILES string of the molecule is COc1cccc(COc2c(-c3ccc(OCCOCCn4cc(CN(C)CCN(C)Cc5cn(CCOCCOc6ccc(-c7oc8ccccc8c(=O)c7OCc7cccc(OC)c7)cc6)nn5)nn4)cc3)oc3ccccc3c2=O)c1. The van der Waals surface area contributed by atoms with Gasteiger partial charge >= 0.3 is 0 Å². The molecule has 84 heavy (non-hydrogen) atoms. The summed E-state index contributed by atoms with van der Waals surface area (Å²) in [4.78, 5) is 31.7. The van der Waals surface area contributed by atoms with Crippen molar-refractivity contribution in [2.24, 2.45) is 0 Å². The van der Waals surface area contributed by atoms with Crippen molar-refractivity contribution in [1.29, 1.82) is 0 Å². The number of hydrogen-bond donors (Lipinski definition) is 0. The molecule has 4 heterocycles. The maximum absolute atomic E-state index is 13.6. The van der Waals surface area contributed by atoms with E-state index in [1.165, 1.54) is 0 Å². The molecule has 0 aliphatic heterocycles. The van der Waals surface area contributed by atoms with E-state index in [9.17, 15) is 9.59 Å². The lowest BCUT2D eigenvalue weighted by Crippen LogP contribution is -2.30. The van der Waals surface area contributed by atoms with Gasteiger partial charge in [-0.1, -0.05) is 59.0 Å². The highest BCUT2D eigenvalue weighted by atomic mass is 16.5. The quantitative estimate of drug-likeness (QED) is 0.0372. The molecule has 20 nitrogen and oxygen atoms in total. The average Bonchev–Trinajstić information content (AvgIpc) is 3.69. The van der Waals surface area contributed by atoms with Gasteiger partial charge in [0.05, 0.1) is 75.9 Å². The van der Waals surface area contributed by atoms with Crippen LogP contribution in [0.4, 0.5) is 0 Å². The topological polar surface area (TPSA) is 202 Å². The molecule has 0 aliphatic carbocycles. The number of nitrogens with zero attached hydrogens (tertiary/aromatic N) is 8. The van der Waals surface area contributed by atoms with Crippen LogP contribution < -0.4 is 39.3 Å². The first-order valence-corrected chi connectivity index (χ1v) is 27.6. The molecule has 4 aromatic heterocycles. The maximum atomic E-state index is 13.6. The first-order valence-electron chi connectivity index (χ1n) is 27.6. The third-order valence-corrected chi connectivity index (χ3v) is 13.6. The summed E-state index contributed by atoms with van der Waals surface area (Å²) in [6, 6.07) is 43.9. The smallest absolute Gasteiger partial charge is 0.235 e. The number of aromatic nitrogens is 6. The van der Waals surface area contributed by atoms with E-state index in [0.29, 0.717) is 133 Å². The fourth-order valence-electron chi connectivity index (χ4n) is 9.18. The minimum atomic E-state index is -0.248. The Kier molecular flexibility index (Phi) is 19.7. The molecule has 0 unspecified atom stereocenters. The Morgan fingerprint density at radius 1 is 0.464 bits per heavy atom. The highest BCUT2D eigenvalue weighted by Gasteiger charge is 2.21. The van der Waals surface area contributed by atoms with Crippen molar-refractivity contribution >= 4 is 21.9 Å². The fourth-order valence-corrected chi connectivity index (χ4v) is 9.18. The number of fused-ring (bicyclic) bond motifs is 2. The number of rotatable bonds is 31. The van der Waals surface area contributed by atoms with Crippen LogP contribution in [0, 0.1) is 0 Å². The van der Waals surface area contributed by atoms with Crippen LogP contribution in [0.15, 0.2) is 176 Å². The van der Waals surface area contributed by atoms with Crippen LogP contribution in [0.3, 0.4) is 0 Å². The van der Waals surface area contributed by atoms with Gasteiger partial charge in [0, 0.05) is 49.7 Å². The van der Waals surface area contributed by atoms with E-state index in [1.54, 1.807) is 60.0 Å². The third kappa shape index (κ3) is 15.4. The van der Waals surface area contributed by atoms with Crippen molar-refractivity contribution in [1.82, 2.24) is 39.8 Å². The number of methoxy groups -OCH3 is 2. The Balaban J connectivity index is 0.589. The van der Waals surface area contributed by atoms with Gasteiger partial charge in [-0.2, -0.15) is 0 Å². The minimum absolute atomic E-state index is 0.133. The van der Waals surface area contributed by atoms with Crippen LogP contribution in [-0.4, -0.2) is 121 Å². The largest absolute Gasteiger partial charge is 0.497 e. The maximum Gasteiger partial charge on any atom is 0.235 e. The van der Waals surface area contributed by atoms with Crippen LogP contribution in [-0.2, 0) is 48.9 Å². The Morgan fingerprint density at radius 3 is 1.32 bits per heavy atom. The van der Waals surface area contributed by atoms with Gasteiger partial charge in [0.2, 0.25) is 22.4 Å². The lowest BCUT2D eigenvalue weighted by atomic mass is 10.1. The molecule has 434 valence electrons. The highest BCUT2D eigenvalue weighted by Crippen LogP contribution is 2.34. The van der Waals surface area contributed by atoms with E-state index in [-0.39, 0.29) is 35.6 Å². The number of hydrogen-bond acceptors (Lipinski definition) is 18. The minimum Gasteiger partial charge on any atom is -0.497 e. The Hall–Kier alpha value is -9.34. The van der Waals surface area contributed by atoms with E-state index < -0.39 is 0 Å². The molecule has 0 radical (unpaired) electrons. The Morgan fingerprint density at radius 2 is 0.893 bits per heavy atom. The highest BCUT2D eigenvalue weighted by molar-refractivity contribution is 5.83. The summed E-state index contributed by atoms with van der Waals surface area (Å²) in [6.07, 6.45) is 3.88. The first kappa shape index (κ1) is 57.9. The molecule has 0 atom stereocenters. The molecule has 0 spiro atoms. The van der Waals surface area contributed by atoms with Crippen molar-refractivity contribution in [3.8, 4) is 57.1 Å². The summed E-state index contributed by atoms with van der Waals surface area (Å²) < 4.78 is 62.7. The Bertz CT molecular complexity index is 3610. The zero-order valence-electron chi connectivity index (χ0n) is 47.4. The molecule has 10 aromatic rings. The number of para-hydroxylation sites is 2. The van der Waals surface area contributed by atoms with E-state index in [4.69, 9.17) is 46.7 Å². The van der Waals surface area contributed by atoms with Gasteiger partial charge < -0.3 is 46.7 Å². The molecular formula is C64H66N8O12. The summed E-state index contributed by atoms with van der Waals surface area (Å²) in [7, 11) is 7.34. The molecule has 0 saturated heterocycles. The molecule has 6 aromatic carbocycles. The van der Waals surface area contributed by atoms with Gasteiger partial charge in [0.1, 0.15) is 60.6 Å². The number of likely N-dealkylation sites (N-methyl/N-ethyl adjacent to an activating group) is 2. The lowest BCUT2D eigenvalue weighted by Gasteiger charge is -2.20. The molecule has 20 heteroatoms. The van der Waals surface area contributed by atoms with Crippen molar-refractivity contribution in [2.75, 3.05) is 81.0 Å². The summed E-state index contributed by atoms with van der Waals surface area (Å²) in [5, 5.41) is 18.2. The van der Waals surface area contributed by atoms with Gasteiger partial charge in [-0.3, -0.25) is 19.4 Å². The lowest BCUT2D eigenvalue weighted by molar-refractivity contribution is 0.0923. The second kappa shape index (κ2) is 28.6. The fraction of sp³-hybridized carbons (Fsp3) is 0.281. The standard InChI is InChI=1S/C64H66N8O12/c1-69(39-49-41-71(67-65-49)29-31-77-33-35-79-51-23-19-47(20-24-51)61-63(59(73)55-15-5-7-17-57(55)83-61)81-43-45-11-9-13-53(37-45)75-3)27-28-70(2)40-50-42-72(68-66-50)30-32-78-34-36-80-52-25-21-48(22-26-52)62-64(60(74)56-16-6-8-18-58(56)84-62)82-44-46-12-10-14-54(38-46)76-4/h5-26,37-38,41-42H,27-36,39-40,43-44H2,1-4H3. The molecule has 0 bridgehead atoms. The monoisotopic (exact) mass is 1140 g/mol. The van der Waals surface area contributed by atoms with Crippen LogP contribution in [0.1, 0.15) is 22.5 Å². The van der Waals surface area contributed by atoms with Gasteiger partial charge in [-0.05, 0) is 122 Å². The predicted molar refractivity (Wildman–Crippen MR) is 316 cm³/mol. The van der Waals surface area contributed by atoms with Crippen LogP contribution in [0.5, 0.6) is 34.5 Å². The zero-order chi connectivity index (χ0) is 58.0. The third-order valence-electron chi connectivity index (χ3n) is 13.6. The average molecular weight is 1140 g/mol. The number of benzene rings is 6. The van der Waals surface area contributed by atoms with E-state index in [1.807, 2.05) is 122 Å². The molecule has 0 amide bonds. The van der Waals surface area contributed by atoms with E-state index in [2.05, 4.69) is 44.5 Å². The van der Waals surface area contributed by atoms with Gasteiger partial charge in [-0.15, -0.1) is 10.2 Å². The van der Waals surface area contributed by atoms with Gasteiger partial charge in [0.15, 0.2) is 11.5 Å². The first-order chi connectivity index (χ1) is 41.2. The van der Waals surface area contributed by atoms with Gasteiger partial charge in [-0.25, -0.2) is 9.36 Å².